The zero-order valence-corrected chi connectivity index (χ0v) is 11.1. The fourth-order valence-corrected chi connectivity index (χ4v) is 1.98. The quantitative estimate of drug-likeness (QED) is 0.834. The van der Waals surface area contributed by atoms with Crippen molar-refractivity contribution in [3.8, 4) is 0 Å². The zero-order chi connectivity index (χ0) is 14.7. The Kier molecular flexibility index (Phi) is 3.97. The number of aromatic carboxylic acids is 1. The summed E-state index contributed by atoms with van der Waals surface area (Å²) in [6.07, 6.45) is 1.24. The maximum atomic E-state index is 11.9. The Hall–Kier alpha value is -2.44. The minimum atomic E-state index is -1.05. The largest absolute Gasteiger partial charge is 0.478 e. The van der Waals surface area contributed by atoms with Crippen molar-refractivity contribution in [3.63, 3.8) is 0 Å². The highest BCUT2D eigenvalue weighted by Crippen LogP contribution is 2.09. The fraction of sp³-hybridized carbons (Fsp3) is 0.385. The second-order valence-corrected chi connectivity index (χ2v) is 4.50. The van der Waals surface area contributed by atoms with E-state index in [2.05, 4.69) is 4.98 Å². The summed E-state index contributed by atoms with van der Waals surface area (Å²) < 4.78 is 0. The van der Waals surface area contributed by atoms with Crippen LogP contribution in [0.4, 0.5) is 0 Å². The SMILES string of the molecule is CCN1CC(=O)N(Cc2ccc(C(=O)O)cn2)CC1=O. The summed E-state index contributed by atoms with van der Waals surface area (Å²) in [5.74, 6) is -1.27. The van der Waals surface area contributed by atoms with E-state index in [1.165, 1.54) is 22.1 Å². The molecule has 2 rings (SSSR count). The van der Waals surface area contributed by atoms with E-state index in [1.807, 2.05) is 6.92 Å². The van der Waals surface area contributed by atoms with Crippen LogP contribution in [0.5, 0.6) is 0 Å². The number of amides is 2. The second kappa shape index (κ2) is 5.68. The molecule has 7 nitrogen and oxygen atoms in total. The normalized spacial score (nSPS) is 15.7. The molecule has 7 heteroatoms. The van der Waals surface area contributed by atoms with Gasteiger partial charge in [-0.2, -0.15) is 0 Å². The number of carboxylic acids is 1. The molecular weight excluding hydrogens is 262 g/mol. The van der Waals surface area contributed by atoms with E-state index in [9.17, 15) is 14.4 Å². The molecular formula is C13H15N3O4. The number of carbonyl (C=O) groups is 3. The van der Waals surface area contributed by atoms with Gasteiger partial charge in [-0.15, -0.1) is 0 Å². The first kappa shape index (κ1) is 14.0. The lowest BCUT2D eigenvalue weighted by Crippen LogP contribution is -2.53. The maximum absolute atomic E-state index is 11.9. The van der Waals surface area contributed by atoms with Gasteiger partial charge in [-0.05, 0) is 19.1 Å². The number of aromatic nitrogens is 1. The van der Waals surface area contributed by atoms with Crippen LogP contribution >= 0.6 is 0 Å². The van der Waals surface area contributed by atoms with E-state index in [4.69, 9.17) is 5.11 Å². The average Bonchev–Trinajstić information content (AvgIpc) is 2.43. The summed E-state index contributed by atoms with van der Waals surface area (Å²) in [4.78, 5) is 41.3. The first-order chi connectivity index (χ1) is 9.51. The molecule has 106 valence electrons. The minimum absolute atomic E-state index is 0.0367. The molecule has 2 heterocycles. The van der Waals surface area contributed by atoms with Crippen molar-refractivity contribution in [2.75, 3.05) is 19.6 Å². The number of carboxylic acid groups (broad SMARTS) is 1. The molecule has 1 aromatic heterocycles. The molecule has 0 saturated carbocycles. The molecule has 1 fully saturated rings. The fourth-order valence-electron chi connectivity index (χ4n) is 1.98. The highest BCUT2D eigenvalue weighted by molar-refractivity contribution is 5.92. The first-order valence-electron chi connectivity index (χ1n) is 6.25. The third-order valence-corrected chi connectivity index (χ3v) is 3.16. The summed E-state index contributed by atoms with van der Waals surface area (Å²) >= 11 is 0. The van der Waals surface area contributed by atoms with E-state index in [1.54, 1.807) is 6.07 Å². The Balaban J connectivity index is 2.04. The Morgan fingerprint density at radius 2 is 1.90 bits per heavy atom. The number of hydrogen-bond donors (Lipinski definition) is 1. The van der Waals surface area contributed by atoms with Crippen LogP contribution in [0.25, 0.3) is 0 Å². The monoisotopic (exact) mass is 277 g/mol. The van der Waals surface area contributed by atoms with Crippen LogP contribution in [0.2, 0.25) is 0 Å². The second-order valence-electron chi connectivity index (χ2n) is 4.50. The van der Waals surface area contributed by atoms with Crippen LogP contribution < -0.4 is 0 Å². The van der Waals surface area contributed by atoms with Crippen molar-refractivity contribution < 1.29 is 19.5 Å². The lowest BCUT2D eigenvalue weighted by Gasteiger charge is -2.33. The van der Waals surface area contributed by atoms with Crippen molar-refractivity contribution in [1.82, 2.24) is 14.8 Å². The molecule has 1 N–H and O–H groups in total. The van der Waals surface area contributed by atoms with Crippen LogP contribution in [-0.2, 0) is 16.1 Å². The molecule has 0 unspecified atom stereocenters. The van der Waals surface area contributed by atoms with Gasteiger partial charge >= 0.3 is 5.97 Å². The Labute approximate surface area is 115 Å². The Morgan fingerprint density at radius 1 is 1.25 bits per heavy atom. The van der Waals surface area contributed by atoms with Gasteiger partial charge in [0.2, 0.25) is 11.8 Å². The van der Waals surface area contributed by atoms with Gasteiger partial charge < -0.3 is 14.9 Å². The number of likely N-dealkylation sites (N-methyl/N-ethyl adjacent to an activating group) is 1. The predicted octanol–water partition coefficient (Wildman–Crippen LogP) is -0.0295. The van der Waals surface area contributed by atoms with E-state index >= 15 is 0 Å². The Morgan fingerprint density at radius 3 is 2.45 bits per heavy atom. The molecule has 0 bridgehead atoms. The van der Waals surface area contributed by atoms with E-state index in [-0.39, 0.29) is 37.0 Å². The van der Waals surface area contributed by atoms with Crippen molar-refractivity contribution in [2.24, 2.45) is 0 Å². The van der Waals surface area contributed by atoms with Gasteiger partial charge in [0.25, 0.3) is 0 Å². The van der Waals surface area contributed by atoms with Crippen molar-refractivity contribution in [1.29, 1.82) is 0 Å². The zero-order valence-electron chi connectivity index (χ0n) is 11.1. The highest BCUT2D eigenvalue weighted by Gasteiger charge is 2.28. The summed E-state index contributed by atoms with van der Waals surface area (Å²) in [5.41, 5.74) is 0.646. The summed E-state index contributed by atoms with van der Waals surface area (Å²) in [5, 5.41) is 8.78. The molecule has 0 aliphatic carbocycles. The topological polar surface area (TPSA) is 90.8 Å². The number of carbonyl (C=O) groups excluding carboxylic acids is 2. The van der Waals surface area contributed by atoms with Gasteiger partial charge in [0.15, 0.2) is 0 Å². The molecule has 0 radical (unpaired) electrons. The van der Waals surface area contributed by atoms with Gasteiger partial charge in [-0.3, -0.25) is 14.6 Å². The average molecular weight is 277 g/mol. The third-order valence-electron chi connectivity index (χ3n) is 3.16. The molecule has 0 aromatic carbocycles. The van der Waals surface area contributed by atoms with Crippen LogP contribution in [0.3, 0.4) is 0 Å². The smallest absolute Gasteiger partial charge is 0.337 e. The van der Waals surface area contributed by atoms with Crippen molar-refractivity contribution >= 4 is 17.8 Å². The molecule has 1 aliphatic heterocycles. The van der Waals surface area contributed by atoms with Gasteiger partial charge in [0.05, 0.1) is 24.3 Å². The van der Waals surface area contributed by atoms with Crippen LogP contribution in [0.15, 0.2) is 18.3 Å². The highest BCUT2D eigenvalue weighted by atomic mass is 16.4. The minimum Gasteiger partial charge on any atom is -0.478 e. The van der Waals surface area contributed by atoms with Crippen molar-refractivity contribution in [2.45, 2.75) is 13.5 Å². The lowest BCUT2D eigenvalue weighted by atomic mass is 10.2. The van der Waals surface area contributed by atoms with Gasteiger partial charge in [-0.1, -0.05) is 0 Å². The van der Waals surface area contributed by atoms with Gasteiger partial charge in [0, 0.05) is 12.7 Å². The third kappa shape index (κ3) is 2.93. The summed E-state index contributed by atoms with van der Waals surface area (Å²) in [6, 6.07) is 2.98. The van der Waals surface area contributed by atoms with E-state index in [0.717, 1.165) is 0 Å². The van der Waals surface area contributed by atoms with Gasteiger partial charge in [-0.25, -0.2) is 4.79 Å². The number of pyridine rings is 1. The van der Waals surface area contributed by atoms with Crippen LogP contribution in [0, 0.1) is 0 Å². The van der Waals surface area contributed by atoms with Crippen LogP contribution in [0.1, 0.15) is 23.0 Å². The standard InChI is InChI=1S/C13H15N3O4/c1-2-15-7-12(18)16(8-11(15)17)6-10-4-3-9(5-14-10)13(19)20/h3-5H,2,6-8H2,1H3,(H,19,20). The summed E-state index contributed by atoms with van der Waals surface area (Å²) in [6.45, 7) is 2.68. The number of piperazine rings is 1. The van der Waals surface area contributed by atoms with Crippen molar-refractivity contribution in [3.05, 3.63) is 29.6 Å². The number of rotatable bonds is 4. The molecule has 1 saturated heterocycles. The predicted molar refractivity (Wildman–Crippen MR) is 68.9 cm³/mol. The number of hydrogen-bond acceptors (Lipinski definition) is 4. The Bertz CT molecular complexity index is 541. The van der Waals surface area contributed by atoms with Crippen LogP contribution in [-0.4, -0.2) is 57.3 Å². The molecule has 2 amide bonds. The molecule has 0 spiro atoms. The molecule has 1 aromatic rings. The van der Waals surface area contributed by atoms with E-state index < -0.39 is 5.97 Å². The maximum Gasteiger partial charge on any atom is 0.337 e. The lowest BCUT2D eigenvalue weighted by molar-refractivity contribution is -0.150. The molecule has 20 heavy (non-hydrogen) atoms. The summed E-state index contributed by atoms with van der Waals surface area (Å²) in [7, 11) is 0. The van der Waals surface area contributed by atoms with E-state index in [0.29, 0.717) is 12.2 Å². The number of nitrogens with zero attached hydrogens (tertiary/aromatic N) is 3. The van der Waals surface area contributed by atoms with Gasteiger partial charge in [0.1, 0.15) is 6.54 Å². The molecule has 0 atom stereocenters. The molecule has 1 aliphatic rings. The first-order valence-corrected chi connectivity index (χ1v) is 6.25.